The summed E-state index contributed by atoms with van der Waals surface area (Å²) >= 11 is 0. The Bertz CT molecular complexity index is 1110. The van der Waals surface area contributed by atoms with Crippen LogP contribution in [0.4, 0.5) is 4.39 Å². The molecule has 0 saturated heterocycles. The number of benzene rings is 3. The van der Waals surface area contributed by atoms with E-state index in [1.54, 1.807) is 6.07 Å². The van der Waals surface area contributed by atoms with Gasteiger partial charge in [0.25, 0.3) is 5.56 Å². The Hall–Kier alpha value is -3.14. The van der Waals surface area contributed by atoms with Crippen LogP contribution in [-0.2, 0) is 0 Å². The standard InChI is InChI=1S/C19H12FNO2/c20-14-8-9-18-13(10-14)11-17(19(22)21(18)23)16-7-3-5-12-4-1-2-6-15(12)16/h1-11,23H. The predicted octanol–water partition coefficient (Wildman–Crippen LogP) is 4.20. The molecule has 4 rings (SSSR count). The number of rotatable bonds is 1. The van der Waals surface area contributed by atoms with E-state index in [2.05, 4.69) is 0 Å². The first kappa shape index (κ1) is 13.5. The number of aromatic nitrogens is 1. The van der Waals surface area contributed by atoms with Crippen molar-refractivity contribution in [3.8, 4) is 11.1 Å². The Morgan fingerprint density at radius 2 is 1.61 bits per heavy atom. The first-order chi connectivity index (χ1) is 11.1. The molecule has 0 radical (unpaired) electrons. The van der Waals surface area contributed by atoms with Gasteiger partial charge in [0.05, 0.1) is 11.1 Å². The highest BCUT2D eigenvalue weighted by molar-refractivity contribution is 5.98. The molecule has 112 valence electrons. The average molecular weight is 305 g/mol. The molecule has 4 heteroatoms. The van der Waals surface area contributed by atoms with Gasteiger partial charge in [0.2, 0.25) is 0 Å². The summed E-state index contributed by atoms with van der Waals surface area (Å²) in [5.74, 6) is -0.417. The zero-order valence-electron chi connectivity index (χ0n) is 12.0. The molecular weight excluding hydrogens is 293 g/mol. The molecule has 1 N–H and O–H groups in total. The van der Waals surface area contributed by atoms with E-state index in [1.807, 2.05) is 42.5 Å². The average Bonchev–Trinajstić information content (AvgIpc) is 2.57. The maximum absolute atomic E-state index is 13.5. The summed E-state index contributed by atoms with van der Waals surface area (Å²) in [5, 5.41) is 12.5. The Morgan fingerprint density at radius 1 is 0.826 bits per heavy atom. The van der Waals surface area contributed by atoms with Gasteiger partial charge in [-0.2, -0.15) is 0 Å². The highest BCUT2D eigenvalue weighted by Gasteiger charge is 2.13. The fraction of sp³-hybridized carbons (Fsp3) is 0. The lowest BCUT2D eigenvalue weighted by Gasteiger charge is -2.10. The monoisotopic (exact) mass is 305 g/mol. The van der Waals surface area contributed by atoms with Crippen molar-refractivity contribution in [3.05, 3.63) is 82.9 Å². The van der Waals surface area contributed by atoms with Crippen molar-refractivity contribution in [1.82, 2.24) is 4.73 Å². The fourth-order valence-electron chi connectivity index (χ4n) is 2.93. The van der Waals surface area contributed by atoms with Crippen molar-refractivity contribution in [3.63, 3.8) is 0 Å². The summed E-state index contributed by atoms with van der Waals surface area (Å²) in [7, 11) is 0. The van der Waals surface area contributed by atoms with Gasteiger partial charge in [-0.1, -0.05) is 42.5 Å². The largest absolute Gasteiger partial charge is 0.425 e. The molecule has 0 atom stereocenters. The van der Waals surface area contributed by atoms with E-state index < -0.39 is 11.4 Å². The Balaban J connectivity index is 2.12. The zero-order valence-corrected chi connectivity index (χ0v) is 12.0. The van der Waals surface area contributed by atoms with Gasteiger partial charge in [-0.3, -0.25) is 4.79 Å². The van der Waals surface area contributed by atoms with Gasteiger partial charge in [-0.25, -0.2) is 4.39 Å². The molecular formula is C19H12FNO2. The van der Waals surface area contributed by atoms with Crippen molar-refractivity contribution < 1.29 is 9.60 Å². The zero-order chi connectivity index (χ0) is 16.0. The van der Waals surface area contributed by atoms with Crippen molar-refractivity contribution >= 4 is 21.7 Å². The first-order valence-electron chi connectivity index (χ1n) is 7.18. The Morgan fingerprint density at radius 3 is 2.48 bits per heavy atom. The molecule has 1 aromatic heterocycles. The molecule has 0 spiro atoms. The van der Waals surface area contributed by atoms with Crippen LogP contribution in [0.1, 0.15) is 0 Å². The van der Waals surface area contributed by atoms with Crippen LogP contribution in [0.2, 0.25) is 0 Å². The number of pyridine rings is 1. The van der Waals surface area contributed by atoms with E-state index in [-0.39, 0.29) is 5.52 Å². The molecule has 0 saturated carbocycles. The molecule has 23 heavy (non-hydrogen) atoms. The van der Waals surface area contributed by atoms with E-state index in [9.17, 15) is 14.4 Å². The van der Waals surface area contributed by atoms with Crippen LogP contribution < -0.4 is 5.56 Å². The van der Waals surface area contributed by atoms with Gasteiger partial charge in [-0.15, -0.1) is 4.73 Å². The minimum absolute atomic E-state index is 0.278. The second-order valence-electron chi connectivity index (χ2n) is 5.40. The van der Waals surface area contributed by atoms with Crippen LogP contribution in [0.3, 0.4) is 0 Å². The minimum Gasteiger partial charge on any atom is -0.425 e. The van der Waals surface area contributed by atoms with E-state index in [1.165, 1.54) is 18.2 Å². The van der Waals surface area contributed by atoms with Crippen LogP contribution in [-0.4, -0.2) is 9.94 Å². The quantitative estimate of drug-likeness (QED) is 0.536. The SMILES string of the molecule is O=c1c(-c2cccc3ccccc23)cc2cc(F)ccc2n1O. The molecule has 0 aliphatic carbocycles. The number of hydrogen-bond acceptors (Lipinski definition) is 2. The molecule has 3 aromatic carbocycles. The van der Waals surface area contributed by atoms with Crippen LogP contribution >= 0.6 is 0 Å². The van der Waals surface area contributed by atoms with E-state index in [0.29, 0.717) is 21.2 Å². The molecule has 0 fully saturated rings. The van der Waals surface area contributed by atoms with Crippen molar-refractivity contribution in [2.45, 2.75) is 0 Å². The third-order valence-corrected chi connectivity index (χ3v) is 4.02. The molecule has 4 aromatic rings. The summed E-state index contributed by atoms with van der Waals surface area (Å²) in [4.78, 5) is 12.5. The van der Waals surface area contributed by atoms with Gasteiger partial charge in [0.15, 0.2) is 0 Å². The highest BCUT2D eigenvalue weighted by atomic mass is 19.1. The lowest BCUT2D eigenvalue weighted by molar-refractivity contribution is 0.189. The molecule has 1 heterocycles. The number of hydrogen-bond donors (Lipinski definition) is 1. The summed E-state index contributed by atoms with van der Waals surface area (Å²) < 4.78 is 14.1. The number of nitrogens with zero attached hydrogens (tertiary/aromatic N) is 1. The minimum atomic E-state index is -0.527. The van der Waals surface area contributed by atoms with Gasteiger partial charge in [0.1, 0.15) is 5.82 Å². The van der Waals surface area contributed by atoms with Crippen molar-refractivity contribution in [1.29, 1.82) is 0 Å². The normalized spacial score (nSPS) is 11.2. The Labute approximate surface area is 130 Å². The van der Waals surface area contributed by atoms with Crippen LogP contribution in [0.25, 0.3) is 32.8 Å². The molecule has 0 amide bonds. The maximum atomic E-state index is 13.5. The molecule has 0 aliphatic rings. The molecule has 0 aliphatic heterocycles. The van der Waals surface area contributed by atoms with Crippen molar-refractivity contribution in [2.24, 2.45) is 0 Å². The van der Waals surface area contributed by atoms with Gasteiger partial charge < -0.3 is 5.21 Å². The molecule has 3 nitrogen and oxygen atoms in total. The third-order valence-electron chi connectivity index (χ3n) is 4.02. The predicted molar refractivity (Wildman–Crippen MR) is 88.3 cm³/mol. The second-order valence-corrected chi connectivity index (χ2v) is 5.40. The second kappa shape index (κ2) is 4.95. The summed E-state index contributed by atoms with van der Waals surface area (Å²) in [6, 6.07) is 18.8. The van der Waals surface area contributed by atoms with Crippen LogP contribution in [0.5, 0.6) is 0 Å². The third kappa shape index (κ3) is 2.07. The summed E-state index contributed by atoms with van der Waals surface area (Å²) in [6.45, 7) is 0. The Kier molecular flexibility index (Phi) is 2.91. The maximum Gasteiger partial charge on any atom is 0.291 e. The molecule has 0 unspecified atom stereocenters. The topological polar surface area (TPSA) is 42.2 Å². The lowest BCUT2D eigenvalue weighted by Crippen LogP contribution is -2.20. The van der Waals surface area contributed by atoms with Crippen LogP contribution in [0.15, 0.2) is 71.5 Å². The fourth-order valence-corrected chi connectivity index (χ4v) is 2.93. The van der Waals surface area contributed by atoms with Crippen LogP contribution in [0, 0.1) is 5.82 Å². The van der Waals surface area contributed by atoms with Crippen molar-refractivity contribution in [2.75, 3.05) is 0 Å². The number of halogens is 1. The summed E-state index contributed by atoms with van der Waals surface area (Å²) in [6.07, 6.45) is 0. The number of fused-ring (bicyclic) bond motifs is 2. The van der Waals surface area contributed by atoms with E-state index in [0.717, 1.165) is 10.8 Å². The first-order valence-corrected chi connectivity index (χ1v) is 7.18. The smallest absolute Gasteiger partial charge is 0.291 e. The highest BCUT2D eigenvalue weighted by Crippen LogP contribution is 2.28. The van der Waals surface area contributed by atoms with E-state index in [4.69, 9.17) is 0 Å². The molecule has 0 bridgehead atoms. The van der Waals surface area contributed by atoms with Gasteiger partial charge in [0, 0.05) is 5.39 Å². The van der Waals surface area contributed by atoms with Gasteiger partial charge in [-0.05, 0) is 40.6 Å². The lowest BCUT2D eigenvalue weighted by atomic mass is 9.98. The van der Waals surface area contributed by atoms with Gasteiger partial charge >= 0.3 is 0 Å². The summed E-state index contributed by atoms with van der Waals surface area (Å²) in [5.41, 5.74) is 0.797. The van der Waals surface area contributed by atoms with E-state index >= 15 is 0 Å².